The Morgan fingerprint density at radius 2 is 1.95 bits per heavy atom. The molecule has 2 N–H and O–H groups in total. The molecule has 0 saturated carbocycles. The molecule has 1 unspecified atom stereocenters. The van der Waals surface area contributed by atoms with Crippen LogP contribution in [0.2, 0.25) is 0 Å². The van der Waals surface area contributed by atoms with Crippen LogP contribution < -0.4 is 14.8 Å². The molecule has 1 rings (SSSR count). The number of hydrogen-bond acceptors (Lipinski definition) is 4. The number of ether oxygens (including phenoxy) is 2. The largest absolute Gasteiger partial charge is 0.490 e. The van der Waals surface area contributed by atoms with Gasteiger partial charge in [-0.3, -0.25) is 0 Å². The monoisotopic (exact) mass is 295 g/mol. The van der Waals surface area contributed by atoms with E-state index < -0.39 is 0 Å². The van der Waals surface area contributed by atoms with Gasteiger partial charge in [-0.2, -0.15) is 0 Å². The first-order chi connectivity index (χ1) is 9.87. The van der Waals surface area contributed by atoms with Crippen LogP contribution in [-0.4, -0.2) is 30.5 Å². The predicted molar refractivity (Wildman–Crippen MR) is 85.9 cm³/mol. The minimum Gasteiger partial charge on any atom is -0.490 e. The highest BCUT2D eigenvalue weighted by Crippen LogP contribution is 2.32. The summed E-state index contributed by atoms with van der Waals surface area (Å²) in [6, 6.07) is 5.94. The van der Waals surface area contributed by atoms with Gasteiger partial charge in [0, 0.05) is 30.2 Å². The number of aliphatic hydroxyl groups is 1. The molecule has 0 spiro atoms. The third kappa shape index (κ3) is 6.36. The van der Waals surface area contributed by atoms with Gasteiger partial charge in [-0.1, -0.05) is 19.1 Å². The molecule has 0 heterocycles. The molecule has 0 aliphatic carbocycles. The van der Waals surface area contributed by atoms with Gasteiger partial charge in [0.25, 0.3) is 0 Å². The third-order valence-corrected chi connectivity index (χ3v) is 2.99. The van der Waals surface area contributed by atoms with E-state index in [4.69, 9.17) is 14.6 Å². The maximum absolute atomic E-state index is 9.14. The summed E-state index contributed by atoms with van der Waals surface area (Å²) in [6.07, 6.45) is 0. The van der Waals surface area contributed by atoms with Crippen LogP contribution in [-0.2, 0) is 6.54 Å². The van der Waals surface area contributed by atoms with E-state index in [1.807, 2.05) is 32.0 Å². The minimum atomic E-state index is 0.0390. The molecule has 1 aromatic carbocycles. The summed E-state index contributed by atoms with van der Waals surface area (Å²) in [4.78, 5) is 0. The SMILES string of the molecule is CCOc1cccc(CNC(C)(C)C)c1OCC(C)CO. The molecule has 4 heteroatoms. The van der Waals surface area contributed by atoms with Gasteiger partial charge in [-0.25, -0.2) is 0 Å². The Kier molecular flexibility index (Phi) is 6.99. The molecule has 0 aromatic heterocycles. The molecule has 21 heavy (non-hydrogen) atoms. The summed E-state index contributed by atoms with van der Waals surface area (Å²) >= 11 is 0. The van der Waals surface area contributed by atoms with E-state index in [1.54, 1.807) is 0 Å². The molecule has 0 aliphatic rings. The Labute approximate surface area is 128 Å². The van der Waals surface area contributed by atoms with Crippen LogP contribution in [0.15, 0.2) is 18.2 Å². The van der Waals surface area contributed by atoms with Crippen LogP contribution in [0.5, 0.6) is 11.5 Å². The van der Waals surface area contributed by atoms with Gasteiger partial charge < -0.3 is 19.9 Å². The van der Waals surface area contributed by atoms with Crippen LogP contribution in [0.1, 0.15) is 40.2 Å². The van der Waals surface area contributed by atoms with Crippen molar-refractivity contribution in [1.29, 1.82) is 0 Å². The first kappa shape index (κ1) is 17.8. The average Bonchev–Trinajstić information content (AvgIpc) is 2.43. The van der Waals surface area contributed by atoms with E-state index in [0.717, 1.165) is 17.1 Å². The summed E-state index contributed by atoms with van der Waals surface area (Å²) in [7, 11) is 0. The number of nitrogens with one attached hydrogen (secondary N) is 1. The summed E-state index contributed by atoms with van der Waals surface area (Å²) in [5, 5.41) is 12.6. The zero-order chi connectivity index (χ0) is 15.9. The number of aliphatic hydroxyl groups excluding tert-OH is 1. The van der Waals surface area contributed by atoms with Gasteiger partial charge in [0.1, 0.15) is 0 Å². The highest BCUT2D eigenvalue weighted by atomic mass is 16.5. The van der Waals surface area contributed by atoms with Crippen molar-refractivity contribution in [3.63, 3.8) is 0 Å². The topological polar surface area (TPSA) is 50.7 Å². The van der Waals surface area contributed by atoms with Crippen molar-refractivity contribution in [1.82, 2.24) is 5.32 Å². The van der Waals surface area contributed by atoms with Crippen LogP contribution >= 0.6 is 0 Å². The fourth-order valence-electron chi connectivity index (χ4n) is 1.77. The third-order valence-electron chi connectivity index (χ3n) is 2.99. The Bertz CT molecular complexity index is 427. The molecule has 0 aliphatic heterocycles. The first-order valence-electron chi connectivity index (χ1n) is 7.60. The molecule has 120 valence electrons. The van der Waals surface area contributed by atoms with Crippen LogP contribution in [0.4, 0.5) is 0 Å². The standard InChI is InChI=1S/C17H29NO3/c1-6-20-15-9-7-8-14(10-18-17(3,4)5)16(15)21-12-13(2)11-19/h7-9,13,18-19H,6,10-12H2,1-5H3. The minimum absolute atomic E-state index is 0.0390. The van der Waals surface area contributed by atoms with E-state index in [2.05, 4.69) is 26.1 Å². The second-order valence-corrected chi connectivity index (χ2v) is 6.38. The second kappa shape index (κ2) is 8.25. The lowest BCUT2D eigenvalue weighted by atomic mass is 10.1. The van der Waals surface area contributed by atoms with Crippen molar-refractivity contribution in [2.75, 3.05) is 19.8 Å². The summed E-state index contributed by atoms with van der Waals surface area (Å²) in [6.45, 7) is 12.2. The van der Waals surface area contributed by atoms with E-state index in [9.17, 15) is 0 Å². The summed E-state index contributed by atoms with van der Waals surface area (Å²) in [5.41, 5.74) is 1.11. The lowest BCUT2D eigenvalue weighted by molar-refractivity contribution is 0.168. The van der Waals surface area contributed by atoms with E-state index in [-0.39, 0.29) is 18.1 Å². The number of hydrogen-bond donors (Lipinski definition) is 2. The molecular weight excluding hydrogens is 266 g/mol. The van der Waals surface area contributed by atoms with Gasteiger partial charge in [0.15, 0.2) is 11.5 Å². The Balaban J connectivity index is 2.91. The molecule has 0 fully saturated rings. The lowest BCUT2D eigenvalue weighted by Crippen LogP contribution is -2.35. The molecule has 4 nitrogen and oxygen atoms in total. The van der Waals surface area contributed by atoms with Crippen molar-refractivity contribution in [3.05, 3.63) is 23.8 Å². The van der Waals surface area contributed by atoms with Crippen molar-refractivity contribution in [2.45, 2.75) is 46.7 Å². The fraction of sp³-hybridized carbons (Fsp3) is 0.647. The van der Waals surface area contributed by atoms with Gasteiger partial charge >= 0.3 is 0 Å². The molecule has 0 saturated heterocycles. The van der Waals surface area contributed by atoms with E-state index in [1.165, 1.54) is 0 Å². The maximum atomic E-state index is 9.14. The quantitative estimate of drug-likeness (QED) is 0.774. The fourth-order valence-corrected chi connectivity index (χ4v) is 1.77. The lowest BCUT2D eigenvalue weighted by Gasteiger charge is -2.23. The first-order valence-corrected chi connectivity index (χ1v) is 7.60. The van der Waals surface area contributed by atoms with Crippen LogP contribution in [0.25, 0.3) is 0 Å². The second-order valence-electron chi connectivity index (χ2n) is 6.38. The van der Waals surface area contributed by atoms with Gasteiger partial charge in [-0.15, -0.1) is 0 Å². The van der Waals surface area contributed by atoms with Gasteiger partial charge in [0.05, 0.1) is 13.2 Å². The van der Waals surface area contributed by atoms with Crippen molar-refractivity contribution < 1.29 is 14.6 Å². The molecular formula is C17H29NO3. The molecule has 0 amide bonds. The van der Waals surface area contributed by atoms with E-state index >= 15 is 0 Å². The maximum Gasteiger partial charge on any atom is 0.165 e. The molecule has 1 aromatic rings. The Morgan fingerprint density at radius 1 is 1.24 bits per heavy atom. The number of para-hydroxylation sites is 1. The number of benzene rings is 1. The van der Waals surface area contributed by atoms with Crippen LogP contribution in [0, 0.1) is 5.92 Å². The van der Waals surface area contributed by atoms with Crippen molar-refractivity contribution >= 4 is 0 Å². The van der Waals surface area contributed by atoms with E-state index in [0.29, 0.717) is 19.8 Å². The summed E-state index contributed by atoms with van der Waals surface area (Å²) in [5.74, 6) is 1.63. The number of rotatable bonds is 8. The van der Waals surface area contributed by atoms with Gasteiger partial charge in [0.2, 0.25) is 0 Å². The van der Waals surface area contributed by atoms with Crippen molar-refractivity contribution in [2.24, 2.45) is 5.92 Å². The Morgan fingerprint density at radius 3 is 2.52 bits per heavy atom. The molecule has 1 atom stereocenters. The van der Waals surface area contributed by atoms with Gasteiger partial charge in [-0.05, 0) is 33.8 Å². The van der Waals surface area contributed by atoms with Crippen molar-refractivity contribution in [3.8, 4) is 11.5 Å². The highest BCUT2D eigenvalue weighted by Gasteiger charge is 2.15. The average molecular weight is 295 g/mol. The predicted octanol–water partition coefficient (Wildman–Crippen LogP) is 2.98. The molecule has 0 radical (unpaired) electrons. The smallest absolute Gasteiger partial charge is 0.165 e. The highest BCUT2D eigenvalue weighted by molar-refractivity contribution is 5.46. The zero-order valence-electron chi connectivity index (χ0n) is 13.9. The normalized spacial score (nSPS) is 13.0. The summed E-state index contributed by atoms with van der Waals surface area (Å²) < 4.78 is 11.6. The zero-order valence-corrected chi connectivity index (χ0v) is 13.9. The van der Waals surface area contributed by atoms with Crippen LogP contribution in [0.3, 0.4) is 0 Å². The Hall–Kier alpha value is -1.26. The molecule has 0 bridgehead atoms.